The van der Waals surface area contributed by atoms with Gasteiger partial charge in [0.05, 0.1) is 22.8 Å². The molecule has 3 aromatic rings. The predicted octanol–water partition coefficient (Wildman–Crippen LogP) is 5.98. The number of benzene rings is 2. The number of carbonyl (C=O) groups excluding carboxylic acids is 2. The zero-order chi connectivity index (χ0) is 24.4. The van der Waals surface area contributed by atoms with Crippen LogP contribution < -0.4 is 0 Å². The summed E-state index contributed by atoms with van der Waals surface area (Å²) in [6, 6.07) is 13.5. The number of hydrogen-bond donors (Lipinski definition) is 0. The first-order valence-corrected chi connectivity index (χ1v) is 12.1. The van der Waals surface area contributed by atoms with E-state index >= 15 is 0 Å². The molecule has 4 rings (SSSR count). The fourth-order valence-electron chi connectivity index (χ4n) is 4.32. The topological polar surface area (TPSA) is 62.7 Å². The number of hydrogen-bond acceptors (Lipinski definition) is 4. The van der Waals surface area contributed by atoms with E-state index < -0.39 is 0 Å². The summed E-state index contributed by atoms with van der Waals surface area (Å²) >= 11 is 6.71. The molecule has 0 radical (unpaired) electrons. The number of piperazine rings is 1. The number of pyridine rings is 1. The van der Waals surface area contributed by atoms with Crippen LogP contribution in [0.25, 0.3) is 22.2 Å². The molecule has 1 atom stereocenters. The second-order valence-corrected chi connectivity index (χ2v) is 9.28. The molecule has 6 nitrogen and oxygen atoms in total. The Kier molecular flexibility index (Phi) is 8.67. The second-order valence-electron chi connectivity index (χ2n) is 8.91. The third-order valence-corrected chi connectivity index (χ3v) is 6.79. The van der Waals surface area contributed by atoms with Crippen LogP contribution in [-0.2, 0) is 4.74 Å². The van der Waals surface area contributed by atoms with Gasteiger partial charge in [0.15, 0.2) is 0 Å². The number of carbonyl (C=O) groups is 2. The lowest BCUT2D eigenvalue weighted by molar-refractivity contribution is 0.0414. The predicted molar refractivity (Wildman–Crippen MR) is 146 cm³/mol. The Morgan fingerprint density at radius 2 is 1.83 bits per heavy atom. The van der Waals surface area contributed by atoms with Gasteiger partial charge in [0.25, 0.3) is 5.91 Å². The molecule has 0 saturated carbocycles. The highest BCUT2D eigenvalue weighted by molar-refractivity contribution is 7.59. The van der Waals surface area contributed by atoms with Gasteiger partial charge in [-0.3, -0.25) is 4.79 Å². The third-order valence-electron chi connectivity index (χ3n) is 6.30. The van der Waals surface area contributed by atoms with Crippen molar-refractivity contribution in [1.29, 1.82) is 0 Å². The summed E-state index contributed by atoms with van der Waals surface area (Å²) in [5.74, 6) is -0.0774. The summed E-state index contributed by atoms with van der Waals surface area (Å²) in [7, 11) is 0. The molecule has 1 fully saturated rings. The van der Waals surface area contributed by atoms with E-state index in [0.717, 1.165) is 28.6 Å². The fourth-order valence-corrected chi connectivity index (χ4v) is 4.57. The van der Waals surface area contributed by atoms with Crippen molar-refractivity contribution in [2.45, 2.75) is 40.2 Å². The standard InChI is InChI=1S/C27H30ClN3O3.H2S/c1-5-14-34-27(33)30-12-13-31(18(3)16-30)26(32)21-10-11-22-23(15-21)29-25(19(4)24(22)28)20-8-6-17(2)7-9-20;/h6-11,15,18H,5,12-14,16H2,1-4H3;1H2/t18-;/m0./s1. The van der Waals surface area contributed by atoms with Gasteiger partial charge in [0.2, 0.25) is 0 Å². The summed E-state index contributed by atoms with van der Waals surface area (Å²) in [6.07, 6.45) is 0.467. The molecule has 186 valence electrons. The van der Waals surface area contributed by atoms with Crippen LogP contribution in [-0.4, -0.2) is 59.1 Å². The van der Waals surface area contributed by atoms with Crippen molar-refractivity contribution < 1.29 is 14.3 Å². The third kappa shape index (κ3) is 5.57. The molecule has 0 unspecified atom stereocenters. The molecular weight excluding hydrogens is 482 g/mol. The highest BCUT2D eigenvalue weighted by Gasteiger charge is 2.31. The van der Waals surface area contributed by atoms with Crippen molar-refractivity contribution in [3.8, 4) is 11.3 Å². The quantitative estimate of drug-likeness (QED) is 0.430. The van der Waals surface area contributed by atoms with Gasteiger partial charge in [-0.15, -0.1) is 0 Å². The largest absolute Gasteiger partial charge is 0.449 e. The zero-order valence-electron chi connectivity index (χ0n) is 20.6. The Morgan fingerprint density at radius 1 is 1.11 bits per heavy atom. The number of amides is 2. The molecule has 1 aliphatic rings. The van der Waals surface area contributed by atoms with Gasteiger partial charge in [0, 0.05) is 42.2 Å². The maximum Gasteiger partial charge on any atom is 0.409 e. The average molecular weight is 514 g/mol. The highest BCUT2D eigenvalue weighted by Crippen LogP contribution is 2.33. The van der Waals surface area contributed by atoms with Crippen LogP contribution in [0.15, 0.2) is 42.5 Å². The van der Waals surface area contributed by atoms with Crippen LogP contribution in [0.5, 0.6) is 0 Å². The van der Waals surface area contributed by atoms with Crippen LogP contribution in [0.2, 0.25) is 5.02 Å². The van der Waals surface area contributed by atoms with Gasteiger partial charge < -0.3 is 14.5 Å². The molecule has 1 aromatic heterocycles. The van der Waals surface area contributed by atoms with Crippen molar-refractivity contribution in [2.24, 2.45) is 0 Å². The Balaban J connectivity index is 0.00000342. The van der Waals surface area contributed by atoms with Crippen LogP contribution >= 0.6 is 25.1 Å². The molecule has 0 spiro atoms. The highest BCUT2D eigenvalue weighted by atomic mass is 35.5. The maximum atomic E-state index is 13.4. The molecule has 2 aromatic carbocycles. The molecule has 0 N–H and O–H groups in total. The van der Waals surface area contributed by atoms with E-state index in [1.165, 1.54) is 5.56 Å². The fraction of sp³-hybridized carbons (Fsp3) is 0.370. The van der Waals surface area contributed by atoms with Crippen molar-refractivity contribution in [1.82, 2.24) is 14.8 Å². The van der Waals surface area contributed by atoms with Gasteiger partial charge in [0.1, 0.15) is 0 Å². The first kappa shape index (κ1) is 26.8. The van der Waals surface area contributed by atoms with Crippen molar-refractivity contribution in [2.75, 3.05) is 26.2 Å². The number of nitrogens with zero attached hydrogens (tertiary/aromatic N) is 3. The molecule has 1 saturated heterocycles. The van der Waals surface area contributed by atoms with E-state index in [0.29, 0.717) is 42.3 Å². The maximum absolute atomic E-state index is 13.4. The molecule has 0 aliphatic carbocycles. The van der Waals surface area contributed by atoms with Crippen molar-refractivity contribution in [3.63, 3.8) is 0 Å². The molecule has 8 heteroatoms. The van der Waals surface area contributed by atoms with Gasteiger partial charge in [-0.25, -0.2) is 9.78 Å². The summed E-state index contributed by atoms with van der Waals surface area (Å²) in [6.45, 7) is 9.68. The minimum absolute atomic E-state index is 0. The second kappa shape index (κ2) is 11.3. The van der Waals surface area contributed by atoms with Gasteiger partial charge in [-0.2, -0.15) is 13.5 Å². The molecule has 1 aliphatic heterocycles. The zero-order valence-corrected chi connectivity index (χ0v) is 22.4. The average Bonchev–Trinajstić information content (AvgIpc) is 2.84. The van der Waals surface area contributed by atoms with E-state index in [4.69, 9.17) is 21.3 Å². The first-order valence-electron chi connectivity index (χ1n) is 11.7. The Labute approximate surface area is 218 Å². The molecule has 0 bridgehead atoms. The van der Waals surface area contributed by atoms with Crippen LogP contribution in [0.3, 0.4) is 0 Å². The van der Waals surface area contributed by atoms with E-state index in [-0.39, 0.29) is 31.5 Å². The monoisotopic (exact) mass is 513 g/mol. The van der Waals surface area contributed by atoms with Crippen LogP contribution in [0.1, 0.15) is 41.8 Å². The van der Waals surface area contributed by atoms with Gasteiger partial charge in [-0.05, 0) is 44.9 Å². The number of halogens is 1. The van der Waals surface area contributed by atoms with Crippen LogP contribution in [0.4, 0.5) is 4.79 Å². The number of aromatic nitrogens is 1. The summed E-state index contributed by atoms with van der Waals surface area (Å²) < 4.78 is 5.25. The number of fused-ring (bicyclic) bond motifs is 1. The summed E-state index contributed by atoms with van der Waals surface area (Å²) in [5, 5.41) is 1.47. The van der Waals surface area contributed by atoms with E-state index in [9.17, 15) is 9.59 Å². The van der Waals surface area contributed by atoms with Crippen LogP contribution in [0, 0.1) is 13.8 Å². The van der Waals surface area contributed by atoms with E-state index in [1.54, 1.807) is 15.9 Å². The molecule has 35 heavy (non-hydrogen) atoms. The lowest BCUT2D eigenvalue weighted by Crippen LogP contribution is -2.55. The normalized spacial score (nSPS) is 15.6. The summed E-state index contributed by atoms with van der Waals surface area (Å²) in [5.41, 5.74) is 5.14. The SMILES string of the molecule is CCCOC(=O)N1CCN(C(=O)c2ccc3c(Cl)c(C)c(-c4ccc(C)cc4)nc3c2)[C@@H](C)C1.S. The smallest absolute Gasteiger partial charge is 0.409 e. The minimum atomic E-state index is -0.315. The number of aryl methyl sites for hydroxylation is 1. The lowest BCUT2D eigenvalue weighted by Gasteiger charge is -2.39. The summed E-state index contributed by atoms with van der Waals surface area (Å²) in [4.78, 5) is 33.9. The Hall–Kier alpha value is -2.77. The molecule has 2 amide bonds. The van der Waals surface area contributed by atoms with E-state index in [1.807, 2.05) is 64.1 Å². The Bertz CT molecular complexity index is 1230. The first-order chi connectivity index (χ1) is 16.3. The molecular formula is C27H32ClN3O3S. The number of ether oxygens (including phenoxy) is 1. The lowest BCUT2D eigenvalue weighted by atomic mass is 10.0. The Morgan fingerprint density at radius 3 is 2.49 bits per heavy atom. The molecule has 2 heterocycles. The van der Waals surface area contributed by atoms with Crippen molar-refractivity contribution in [3.05, 3.63) is 64.2 Å². The number of rotatable bonds is 4. The van der Waals surface area contributed by atoms with Crippen molar-refractivity contribution >= 4 is 48.0 Å². The minimum Gasteiger partial charge on any atom is -0.449 e. The van der Waals surface area contributed by atoms with E-state index in [2.05, 4.69) is 0 Å². The van der Waals surface area contributed by atoms with Gasteiger partial charge >= 0.3 is 6.09 Å². The van der Waals surface area contributed by atoms with Gasteiger partial charge in [-0.1, -0.05) is 54.4 Å².